The van der Waals surface area contributed by atoms with Gasteiger partial charge in [0.1, 0.15) is 6.26 Å². The van der Waals surface area contributed by atoms with Crippen LogP contribution in [0.15, 0.2) is 27.6 Å². The maximum absolute atomic E-state index is 10.6. The number of hydrogen-bond donors (Lipinski definition) is 0. The molecule has 0 bridgehead atoms. The third-order valence-electron chi connectivity index (χ3n) is 1.60. The SMILES string of the molecule is O=c1cc2c(co1)C=CC2. The third kappa shape index (κ3) is 0.692. The van der Waals surface area contributed by atoms with Crippen molar-refractivity contribution in [2.24, 2.45) is 0 Å². The molecule has 0 atom stereocenters. The van der Waals surface area contributed by atoms with Crippen LogP contribution in [-0.4, -0.2) is 0 Å². The molecule has 50 valence electrons. The standard InChI is InChI=1S/C8H6O2/c9-8-4-6-2-1-3-7(6)5-10-8/h1,3-5H,2H2. The minimum Gasteiger partial charge on any atom is -0.431 e. The Kier molecular flexibility index (Phi) is 1.01. The van der Waals surface area contributed by atoms with Crippen LogP contribution in [0.4, 0.5) is 0 Å². The van der Waals surface area contributed by atoms with E-state index in [0.29, 0.717) is 0 Å². The zero-order valence-electron chi connectivity index (χ0n) is 5.33. The van der Waals surface area contributed by atoms with E-state index in [1.807, 2.05) is 12.2 Å². The summed E-state index contributed by atoms with van der Waals surface area (Å²) in [5.41, 5.74) is 1.83. The molecule has 0 aliphatic heterocycles. The number of hydrogen-bond acceptors (Lipinski definition) is 2. The molecule has 1 aliphatic rings. The average Bonchev–Trinajstić information content (AvgIpc) is 2.33. The zero-order chi connectivity index (χ0) is 6.97. The predicted molar refractivity (Wildman–Crippen MR) is 37.7 cm³/mol. The van der Waals surface area contributed by atoms with Crippen LogP contribution in [0.3, 0.4) is 0 Å². The fourth-order valence-corrected chi connectivity index (χ4v) is 1.09. The normalized spacial score (nSPS) is 13.6. The fraction of sp³-hybridized carbons (Fsp3) is 0.125. The molecule has 0 N–H and O–H groups in total. The van der Waals surface area contributed by atoms with Gasteiger partial charge in [-0.3, -0.25) is 0 Å². The first-order valence-corrected chi connectivity index (χ1v) is 3.14. The lowest BCUT2D eigenvalue weighted by atomic mass is 10.2. The van der Waals surface area contributed by atoms with Crippen LogP contribution in [-0.2, 0) is 6.42 Å². The Bertz CT molecular complexity index is 333. The van der Waals surface area contributed by atoms with Crippen molar-refractivity contribution in [3.63, 3.8) is 0 Å². The highest BCUT2D eigenvalue weighted by molar-refractivity contribution is 5.57. The van der Waals surface area contributed by atoms with Crippen molar-refractivity contribution in [3.05, 3.63) is 40.0 Å². The summed E-state index contributed by atoms with van der Waals surface area (Å²) >= 11 is 0. The lowest BCUT2D eigenvalue weighted by molar-refractivity contribution is 0.508. The Labute approximate surface area is 57.8 Å². The maximum atomic E-state index is 10.6. The number of rotatable bonds is 0. The van der Waals surface area contributed by atoms with Crippen LogP contribution in [0.25, 0.3) is 6.08 Å². The molecular formula is C8H6O2. The summed E-state index contributed by atoms with van der Waals surface area (Å²) in [5.74, 6) is 0. The van der Waals surface area contributed by atoms with Crippen LogP contribution in [0, 0.1) is 0 Å². The molecule has 1 aliphatic carbocycles. The van der Waals surface area contributed by atoms with Gasteiger partial charge in [0, 0.05) is 11.6 Å². The summed E-state index contributed by atoms with van der Waals surface area (Å²) in [6.07, 6.45) is 6.33. The van der Waals surface area contributed by atoms with Gasteiger partial charge in [-0.25, -0.2) is 4.79 Å². The van der Waals surface area contributed by atoms with E-state index in [4.69, 9.17) is 0 Å². The van der Waals surface area contributed by atoms with E-state index in [1.165, 1.54) is 12.3 Å². The molecule has 1 heterocycles. The maximum Gasteiger partial charge on any atom is 0.335 e. The Balaban J connectivity index is 2.69. The van der Waals surface area contributed by atoms with Gasteiger partial charge in [-0.05, 0) is 12.0 Å². The molecular weight excluding hydrogens is 128 g/mol. The Morgan fingerprint density at radius 3 is 3.30 bits per heavy atom. The van der Waals surface area contributed by atoms with Crippen LogP contribution < -0.4 is 5.63 Å². The van der Waals surface area contributed by atoms with Gasteiger partial charge in [0.25, 0.3) is 0 Å². The molecule has 2 rings (SSSR count). The van der Waals surface area contributed by atoms with Crippen LogP contribution >= 0.6 is 0 Å². The van der Waals surface area contributed by atoms with Gasteiger partial charge in [-0.1, -0.05) is 12.2 Å². The van der Waals surface area contributed by atoms with Gasteiger partial charge in [0.2, 0.25) is 0 Å². The molecule has 0 fully saturated rings. The van der Waals surface area contributed by atoms with E-state index in [1.54, 1.807) is 0 Å². The summed E-state index contributed by atoms with van der Waals surface area (Å²) in [7, 11) is 0. The second-order valence-electron chi connectivity index (χ2n) is 2.29. The predicted octanol–water partition coefficient (Wildman–Crippen LogP) is 1.21. The molecule has 1 aromatic heterocycles. The Morgan fingerprint density at radius 1 is 1.50 bits per heavy atom. The van der Waals surface area contributed by atoms with Gasteiger partial charge < -0.3 is 4.42 Å². The average molecular weight is 134 g/mol. The van der Waals surface area contributed by atoms with Crippen molar-refractivity contribution in [2.75, 3.05) is 0 Å². The highest BCUT2D eigenvalue weighted by Gasteiger charge is 2.04. The van der Waals surface area contributed by atoms with Gasteiger partial charge >= 0.3 is 5.63 Å². The number of allylic oxidation sites excluding steroid dienone is 1. The summed E-state index contributed by atoms with van der Waals surface area (Å²) in [6.45, 7) is 0. The minimum absolute atomic E-state index is 0.262. The quantitative estimate of drug-likeness (QED) is 0.533. The molecule has 0 saturated carbocycles. The van der Waals surface area contributed by atoms with Gasteiger partial charge in [-0.2, -0.15) is 0 Å². The van der Waals surface area contributed by atoms with Crippen molar-refractivity contribution < 1.29 is 4.42 Å². The minimum atomic E-state index is -0.262. The van der Waals surface area contributed by atoms with E-state index in [0.717, 1.165) is 17.5 Å². The van der Waals surface area contributed by atoms with Gasteiger partial charge in [0.05, 0.1) is 0 Å². The van der Waals surface area contributed by atoms with Crippen molar-refractivity contribution in [1.82, 2.24) is 0 Å². The fourth-order valence-electron chi connectivity index (χ4n) is 1.09. The topological polar surface area (TPSA) is 30.2 Å². The van der Waals surface area contributed by atoms with Crippen molar-refractivity contribution >= 4 is 6.08 Å². The summed E-state index contributed by atoms with van der Waals surface area (Å²) in [5, 5.41) is 0. The highest BCUT2D eigenvalue weighted by Crippen LogP contribution is 2.15. The monoisotopic (exact) mass is 134 g/mol. The van der Waals surface area contributed by atoms with E-state index < -0.39 is 0 Å². The van der Waals surface area contributed by atoms with E-state index >= 15 is 0 Å². The summed E-state index contributed by atoms with van der Waals surface area (Å²) in [6, 6.07) is 1.54. The molecule has 10 heavy (non-hydrogen) atoms. The van der Waals surface area contributed by atoms with Crippen molar-refractivity contribution in [3.8, 4) is 0 Å². The smallest absolute Gasteiger partial charge is 0.335 e. The van der Waals surface area contributed by atoms with E-state index in [-0.39, 0.29) is 5.63 Å². The molecule has 0 aromatic carbocycles. The lowest BCUT2D eigenvalue weighted by Crippen LogP contribution is -1.97. The van der Waals surface area contributed by atoms with E-state index in [9.17, 15) is 4.79 Å². The summed E-state index contributed by atoms with van der Waals surface area (Å²) < 4.78 is 4.66. The van der Waals surface area contributed by atoms with Crippen LogP contribution in [0.2, 0.25) is 0 Å². The van der Waals surface area contributed by atoms with Gasteiger partial charge in [-0.15, -0.1) is 0 Å². The van der Waals surface area contributed by atoms with Gasteiger partial charge in [0.15, 0.2) is 0 Å². The molecule has 0 saturated heterocycles. The first-order chi connectivity index (χ1) is 4.86. The van der Waals surface area contributed by atoms with Crippen LogP contribution in [0.5, 0.6) is 0 Å². The van der Waals surface area contributed by atoms with Crippen LogP contribution in [0.1, 0.15) is 11.1 Å². The first kappa shape index (κ1) is 5.47. The molecule has 0 radical (unpaired) electrons. The molecule has 2 heteroatoms. The number of fused-ring (bicyclic) bond motifs is 1. The second kappa shape index (κ2) is 1.84. The van der Waals surface area contributed by atoms with E-state index in [2.05, 4.69) is 4.42 Å². The summed E-state index contributed by atoms with van der Waals surface area (Å²) in [4.78, 5) is 10.6. The Morgan fingerprint density at radius 2 is 2.40 bits per heavy atom. The van der Waals surface area contributed by atoms with Crippen molar-refractivity contribution in [2.45, 2.75) is 6.42 Å². The largest absolute Gasteiger partial charge is 0.431 e. The highest BCUT2D eigenvalue weighted by atomic mass is 16.4. The Hall–Kier alpha value is -1.31. The second-order valence-corrected chi connectivity index (χ2v) is 2.29. The zero-order valence-corrected chi connectivity index (χ0v) is 5.33. The third-order valence-corrected chi connectivity index (χ3v) is 1.60. The molecule has 0 amide bonds. The molecule has 2 nitrogen and oxygen atoms in total. The molecule has 0 unspecified atom stereocenters. The first-order valence-electron chi connectivity index (χ1n) is 3.14. The molecule has 0 spiro atoms. The van der Waals surface area contributed by atoms with Crippen molar-refractivity contribution in [1.29, 1.82) is 0 Å². The lowest BCUT2D eigenvalue weighted by Gasteiger charge is -1.91. The molecule has 1 aromatic rings.